The lowest BCUT2D eigenvalue weighted by molar-refractivity contribution is 0.491. The van der Waals surface area contributed by atoms with Crippen LogP contribution in [0.5, 0.6) is 0 Å². The quantitative estimate of drug-likeness (QED) is 0.623. The van der Waals surface area contributed by atoms with Crippen molar-refractivity contribution in [1.82, 2.24) is 5.43 Å². The largest absolute Gasteiger partial charge is 0.271 e. The van der Waals surface area contributed by atoms with E-state index in [1.807, 2.05) is 0 Å². The van der Waals surface area contributed by atoms with Gasteiger partial charge in [0.25, 0.3) is 0 Å². The van der Waals surface area contributed by atoms with Crippen LogP contribution in [0.3, 0.4) is 0 Å². The molecule has 20 heavy (non-hydrogen) atoms. The number of benzene rings is 2. The second-order valence-electron chi connectivity index (χ2n) is 5.52. The Morgan fingerprint density at radius 2 is 1.70 bits per heavy atom. The standard InChI is InChI=1S/C18H24N2/c1-14-7-9-16(10-8-14)13-18(20-19)12-11-17-6-4-3-5-15(17)2/h3-10,18,20H,11-13,19H2,1-2H3. The monoisotopic (exact) mass is 268 g/mol. The maximum Gasteiger partial charge on any atom is 0.0254 e. The van der Waals surface area contributed by atoms with Crippen LogP contribution in [0.4, 0.5) is 0 Å². The second-order valence-corrected chi connectivity index (χ2v) is 5.52. The van der Waals surface area contributed by atoms with Crippen molar-refractivity contribution < 1.29 is 0 Å². The molecule has 0 radical (unpaired) electrons. The summed E-state index contributed by atoms with van der Waals surface area (Å²) in [6, 6.07) is 17.6. The van der Waals surface area contributed by atoms with Gasteiger partial charge in [-0.05, 0) is 49.8 Å². The molecule has 0 aliphatic heterocycles. The highest BCUT2D eigenvalue weighted by Crippen LogP contribution is 2.13. The summed E-state index contributed by atoms with van der Waals surface area (Å²) >= 11 is 0. The third-order valence-electron chi connectivity index (χ3n) is 3.86. The molecule has 0 spiro atoms. The van der Waals surface area contributed by atoms with Crippen molar-refractivity contribution in [1.29, 1.82) is 0 Å². The highest BCUT2D eigenvalue weighted by molar-refractivity contribution is 5.26. The van der Waals surface area contributed by atoms with E-state index < -0.39 is 0 Å². The van der Waals surface area contributed by atoms with Crippen molar-refractivity contribution in [3.8, 4) is 0 Å². The van der Waals surface area contributed by atoms with Crippen molar-refractivity contribution in [2.45, 2.75) is 39.2 Å². The van der Waals surface area contributed by atoms with Crippen LogP contribution in [0.2, 0.25) is 0 Å². The van der Waals surface area contributed by atoms with Gasteiger partial charge in [0.15, 0.2) is 0 Å². The van der Waals surface area contributed by atoms with Crippen molar-refractivity contribution >= 4 is 0 Å². The van der Waals surface area contributed by atoms with E-state index in [4.69, 9.17) is 5.84 Å². The van der Waals surface area contributed by atoms with Gasteiger partial charge in [-0.15, -0.1) is 0 Å². The molecule has 0 saturated heterocycles. The molecule has 2 rings (SSSR count). The van der Waals surface area contributed by atoms with Crippen molar-refractivity contribution in [2.75, 3.05) is 0 Å². The molecular formula is C18H24N2. The van der Waals surface area contributed by atoms with Crippen molar-refractivity contribution in [2.24, 2.45) is 5.84 Å². The fraction of sp³-hybridized carbons (Fsp3) is 0.333. The van der Waals surface area contributed by atoms with E-state index in [0.29, 0.717) is 6.04 Å². The molecule has 0 aromatic heterocycles. The van der Waals surface area contributed by atoms with E-state index in [2.05, 4.69) is 67.8 Å². The van der Waals surface area contributed by atoms with Crippen LogP contribution in [0, 0.1) is 13.8 Å². The minimum atomic E-state index is 0.317. The summed E-state index contributed by atoms with van der Waals surface area (Å²) in [6.07, 6.45) is 3.09. The van der Waals surface area contributed by atoms with E-state index in [9.17, 15) is 0 Å². The average molecular weight is 268 g/mol. The molecule has 3 N–H and O–H groups in total. The highest BCUT2D eigenvalue weighted by Gasteiger charge is 2.09. The van der Waals surface area contributed by atoms with Gasteiger partial charge < -0.3 is 0 Å². The average Bonchev–Trinajstić information content (AvgIpc) is 2.47. The predicted molar refractivity (Wildman–Crippen MR) is 85.5 cm³/mol. The van der Waals surface area contributed by atoms with Gasteiger partial charge in [-0.1, -0.05) is 54.1 Å². The first kappa shape index (κ1) is 14.8. The molecule has 2 heteroatoms. The van der Waals surface area contributed by atoms with Gasteiger partial charge in [0.2, 0.25) is 0 Å². The Labute approximate surface area is 122 Å². The molecule has 2 aromatic carbocycles. The number of hydrogen-bond donors (Lipinski definition) is 2. The summed E-state index contributed by atoms with van der Waals surface area (Å²) in [4.78, 5) is 0. The Balaban J connectivity index is 1.92. The van der Waals surface area contributed by atoms with Gasteiger partial charge in [0, 0.05) is 6.04 Å². The van der Waals surface area contributed by atoms with Gasteiger partial charge in [-0.3, -0.25) is 11.3 Å². The Bertz CT molecular complexity index is 531. The van der Waals surface area contributed by atoms with E-state index >= 15 is 0 Å². The van der Waals surface area contributed by atoms with Crippen LogP contribution < -0.4 is 11.3 Å². The Hall–Kier alpha value is -1.64. The minimum Gasteiger partial charge on any atom is -0.271 e. The number of aryl methyl sites for hydroxylation is 3. The topological polar surface area (TPSA) is 38.0 Å². The third kappa shape index (κ3) is 4.19. The number of nitrogens with one attached hydrogen (secondary N) is 1. The molecule has 0 fully saturated rings. The summed E-state index contributed by atoms with van der Waals surface area (Å²) < 4.78 is 0. The Morgan fingerprint density at radius 1 is 1.00 bits per heavy atom. The zero-order chi connectivity index (χ0) is 14.4. The van der Waals surface area contributed by atoms with Crippen LogP contribution in [-0.2, 0) is 12.8 Å². The lowest BCUT2D eigenvalue weighted by Crippen LogP contribution is -2.37. The molecular weight excluding hydrogens is 244 g/mol. The molecule has 0 bridgehead atoms. The normalized spacial score (nSPS) is 12.3. The zero-order valence-electron chi connectivity index (χ0n) is 12.4. The molecule has 0 heterocycles. The number of nitrogens with two attached hydrogens (primary N) is 1. The van der Waals surface area contributed by atoms with Crippen LogP contribution in [0.1, 0.15) is 28.7 Å². The summed E-state index contributed by atoms with van der Waals surface area (Å²) in [5.74, 6) is 5.70. The van der Waals surface area contributed by atoms with Crippen molar-refractivity contribution in [3.05, 3.63) is 70.8 Å². The summed E-state index contributed by atoms with van der Waals surface area (Å²) in [5.41, 5.74) is 8.36. The van der Waals surface area contributed by atoms with E-state index in [-0.39, 0.29) is 0 Å². The summed E-state index contributed by atoms with van der Waals surface area (Å²) in [7, 11) is 0. The first-order valence-corrected chi connectivity index (χ1v) is 7.25. The molecule has 0 saturated carbocycles. The summed E-state index contributed by atoms with van der Waals surface area (Å²) in [6.45, 7) is 4.28. The first-order valence-electron chi connectivity index (χ1n) is 7.25. The summed E-state index contributed by atoms with van der Waals surface area (Å²) in [5, 5.41) is 0. The predicted octanol–water partition coefficient (Wildman–Crippen LogP) is 3.31. The smallest absolute Gasteiger partial charge is 0.0254 e. The van der Waals surface area contributed by atoms with E-state index in [0.717, 1.165) is 19.3 Å². The molecule has 1 atom stereocenters. The number of hydrogen-bond acceptors (Lipinski definition) is 2. The Morgan fingerprint density at radius 3 is 2.35 bits per heavy atom. The van der Waals surface area contributed by atoms with Crippen LogP contribution in [0.25, 0.3) is 0 Å². The van der Waals surface area contributed by atoms with Gasteiger partial charge >= 0.3 is 0 Å². The molecule has 2 aromatic rings. The second kappa shape index (κ2) is 7.22. The maximum absolute atomic E-state index is 5.70. The SMILES string of the molecule is Cc1ccc(CC(CCc2ccccc2C)NN)cc1. The minimum absolute atomic E-state index is 0.317. The maximum atomic E-state index is 5.70. The van der Waals surface area contributed by atoms with Gasteiger partial charge in [0.05, 0.1) is 0 Å². The molecule has 0 aliphatic rings. The van der Waals surface area contributed by atoms with E-state index in [1.54, 1.807) is 0 Å². The van der Waals surface area contributed by atoms with Gasteiger partial charge in [-0.2, -0.15) is 0 Å². The van der Waals surface area contributed by atoms with Crippen LogP contribution in [0.15, 0.2) is 48.5 Å². The van der Waals surface area contributed by atoms with Crippen LogP contribution >= 0.6 is 0 Å². The number of rotatable bonds is 6. The first-order chi connectivity index (χ1) is 9.69. The fourth-order valence-corrected chi connectivity index (χ4v) is 2.47. The zero-order valence-corrected chi connectivity index (χ0v) is 12.4. The van der Waals surface area contributed by atoms with Crippen molar-refractivity contribution in [3.63, 3.8) is 0 Å². The highest BCUT2D eigenvalue weighted by atomic mass is 15.2. The number of hydrazine groups is 1. The van der Waals surface area contributed by atoms with Gasteiger partial charge in [0.1, 0.15) is 0 Å². The third-order valence-corrected chi connectivity index (χ3v) is 3.86. The van der Waals surface area contributed by atoms with Crippen LogP contribution in [-0.4, -0.2) is 6.04 Å². The van der Waals surface area contributed by atoms with E-state index in [1.165, 1.54) is 22.3 Å². The van der Waals surface area contributed by atoms with Gasteiger partial charge in [-0.25, -0.2) is 0 Å². The lowest BCUT2D eigenvalue weighted by Gasteiger charge is -2.16. The lowest BCUT2D eigenvalue weighted by atomic mass is 9.97. The molecule has 1 unspecified atom stereocenters. The molecule has 2 nitrogen and oxygen atoms in total. The fourth-order valence-electron chi connectivity index (χ4n) is 2.47. The molecule has 0 amide bonds. The molecule has 0 aliphatic carbocycles. The molecule has 106 valence electrons. The Kier molecular flexibility index (Phi) is 5.33.